The second-order valence-corrected chi connectivity index (χ2v) is 5.37. The van der Waals surface area contributed by atoms with Crippen molar-refractivity contribution < 1.29 is 9.90 Å². The first kappa shape index (κ1) is 14.6. The normalized spacial score (nSPS) is 16.5. The highest BCUT2D eigenvalue weighted by Gasteiger charge is 2.15. The number of phenolic OH excluding ortho intramolecular Hbond substituents is 1. The Bertz CT molecular complexity index is 451. The molecule has 1 aliphatic rings. The molecule has 4 nitrogen and oxygen atoms in total. The third kappa shape index (κ3) is 3.83. The van der Waals surface area contributed by atoms with Gasteiger partial charge in [-0.05, 0) is 12.1 Å². The molecule has 6 heteroatoms. The third-order valence-electron chi connectivity index (χ3n) is 3.20. The second-order valence-electron chi connectivity index (χ2n) is 4.55. The van der Waals surface area contributed by atoms with Crippen molar-refractivity contribution in [3.8, 4) is 5.75 Å². The van der Waals surface area contributed by atoms with Crippen LogP contribution >= 0.6 is 23.2 Å². The maximum atomic E-state index is 12.1. The van der Waals surface area contributed by atoms with E-state index in [1.165, 1.54) is 12.1 Å². The van der Waals surface area contributed by atoms with E-state index in [0.717, 1.165) is 32.7 Å². The summed E-state index contributed by atoms with van der Waals surface area (Å²) in [7, 11) is 0. The fraction of sp³-hybridized carbons (Fsp3) is 0.462. The van der Waals surface area contributed by atoms with Gasteiger partial charge in [-0.3, -0.25) is 4.79 Å². The quantitative estimate of drug-likeness (QED) is 0.837. The number of nitrogens with one attached hydrogen (secondary N) is 1. The Morgan fingerprint density at radius 2 is 1.84 bits per heavy atom. The lowest BCUT2D eigenvalue weighted by Gasteiger charge is -2.26. The molecule has 0 radical (unpaired) electrons. The van der Waals surface area contributed by atoms with Gasteiger partial charge in [0.05, 0.1) is 10.0 Å². The third-order valence-corrected chi connectivity index (χ3v) is 3.78. The maximum absolute atomic E-state index is 12.1. The summed E-state index contributed by atoms with van der Waals surface area (Å²) in [6, 6.07) is 2.92. The van der Waals surface area contributed by atoms with Crippen LogP contribution in [0.4, 0.5) is 0 Å². The van der Waals surface area contributed by atoms with E-state index in [9.17, 15) is 9.90 Å². The summed E-state index contributed by atoms with van der Waals surface area (Å²) in [6.45, 7) is 4.58. The van der Waals surface area contributed by atoms with Crippen LogP contribution in [0.5, 0.6) is 5.75 Å². The van der Waals surface area contributed by atoms with Crippen molar-refractivity contribution in [2.45, 2.75) is 6.42 Å². The van der Waals surface area contributed by atoms with Crippen molar-refractivity contribution in [2.75, 3.05) is 32.7 Å². The predicted octanol–water partition coefficient (Wildman–Crippen LogP) is 2.18. The zero-order valence-corrected chi connectivity index (χ0v) is 12.0. The lowest BCUT2D eigenvalue weighted by atomic mass is 10.1. The van der Waals surface area contributed by atoms with Crippen LogP contribution in [0.3, 0.4) is 0 Å². The van der Waals surface area contributed by atoms with Crippen LogP contribution in [-0.2, 0) is 0 Å². The number of hydrogen-bond donors (Lipinski definition) is 2. The molecule has 0 amide bonds. The van der Waals surface area contributed by atoms with E-state index < -0.39 is 0 Å². The highest BCUT2D eigenvalue weighted by Crippen LogP contribution is 2.33. The minimum Gasteiger partial charge on any atom is -0.505 e. The topological polar surface area (TPSA) is 52.6 Å². The first-order chi connectivity index (χ1) is 9.08. The van der Waals surface area contributed by atoms with E-state index in [2.05, 4.69) is 10.2 Å². The number of carbonyl (C=O) groups excluding carboxylic acids is 1. The number of Topliss-reactive ketones (excluding diaryl/α,β-unsaturated/α-hetero) is 1. The first-order valence-corrected chi connectivity index (χ1v) is 6.98. The van der Waals surface area contributed by atoms with E-state index in [0.29, 0.717) is 12.0 Å². The number of ketones is 1. The van der Waals surface area contributed by atoms with E-state index in [1.54, 1.807) is 0 Å². The zero-order valence-electron chi connectivity index (χ0n) is 10.5. The molecule has 2 N–H and O–H groups in total. The van der Waals surface area contributed by atoms with Crippen LogP contribution in [0.25, 0.3) is 0 Å². The summed E-state index contributed by atoms with van der Waals surface area (Å²) in [5, 5.41) is 12.9. The van der Waals surface area contributed by atoms with Gasteiger partial charge < -0.3 is 15.3 Å². The molecule has 1 aromatic rings. The maximum Gasteiger partial charge on any atom is 0.164 e. The van der Waals surface area contributed by atoms with E-state index >= 15 is 0 Å². The van der Waals surface area contributed by atoms with E-state index in [-0.39, 0.29) is 21.6 Å². The van der Waals surface area contributed by atoms with Crippen molar-refractivity contribution in [3.63, 3.8) is 0 Å². The van der Waals surface area contributed by atoms with Crippen molar-refractivity contribution >= 4 is 29.0 Å². The monoisotopic (exact) mass is 302 g/mol. The standard InChI is InChI=1S/C13H16Cl2N2O2/c14-10-7-9(8-11(15)13(10)19)12(18)1-4-17-5-2-16-3-6-17/h7-8,16,19H,1-6H2. The average molecular weight is 303 g/mol. The number of benzene rings is 1. The van der Waals surface area contributed by atoms with Crippen molar-refractivity contribution in [2.24, 2.45) is 0 Å². The van der Waals surface area contributed by atoms with Crippen molar-refractivity contribution in [3.05, 3.63) is 27.7 Å². The zero-order chi connectivity index (χ0) is 13.8. The molecule has 1 aliphatic heterocycles. The van der Waals surface area contributed by atoms with Crippen LogP contribution in [0, 0.1) is 0 Å². The molecule has 0 saturated carbocycles. The van der Waals surface area contributed by atoms with Gasteiger partial charge in [-0.1, -0.05) is 23.2 Å². The second kappa shape index (κ2) is 6.57. The number of rotatable bonds is 4. The molecule has 2 rings (SSSR count). The van der Waals surface area contributed by atoms with Gasteiger partial charge in [0, 0.05) is 44.7 Å². The molecular weight excluding hydrogens is 287 g/mol. The van der Waals surface area contributed by atoms with Crippen LogP contribution in [-0.4, -0.2) is 48.5 Å². The van der Waals surface area contributed by atoms with Gasteiger partial charge in [-0.15, -0.1) is 0 Å². The Morgan fingerprint density at radius 3 is 2.42 bits per heavy atom. The van der Waals surface area contributed by atoms with Gasteiger partial charge in [0.15, 0.2) is 11.5 Å². The summed E-state index contributed by atoms with van der Waals surface area (Å²) in [5.74, 6) is -0.190. The largest absolute Gasteiger partial charge is 0.505 e. The van der Waals surface area contributed by atoms with Gasteiger partial charge in [0.1, 0.15) is 0 Å². The number of halogens is 2. The first-order valence-electron chi connectivity index (χ1n) is 6.22. The Morgan fingerprint density at radius 1 is 1.26 bits per heavy atom. The summed E-state index contributed by atoms with van der Waals surface area (Å²) in [5.41, 5.74) is 0.447. The molecule has 0 aliphatic carbocycles. The average Bonchev–Trinajstić information content (AvgIpc) is 2.42. The van der Waals surface area contributed by atoms with Crippen LogP contribution in [0.2, 0.25) is 10.0 Å². The molecule has 0 bridgehead atoms. The molecule has 1 saturated heterocycles. The Kier molecular flexibility index (Phi) is 5.05. The molecule has 0 aromatic heterocycles. The van der Waals surface area contributed by atoms with Gasteiger partial charge >= 0.3 is 0 Å². The summed E-state index contributed by atoms with van der Waals surface area (Å²) in [4.78, 5) is 14.3. The lowest BCUT2D eigenvalue weighted by Crippen LogP contribution is -2.44. The smallest absolute Gasteiger partial charge is 0.164 e. The SMILES string of the molecule is O=C(CCN1CCNCC1)c1cc(Cl)c(O)c(Cl)c1. The molecule has 0 spiro atoms. The molecule has 104 valence electrons. The lowest BCUT2D eigenvalue weighted by molar-refractivity contribution is 0.0960. The molecule has 0 unspecified atom stereocenters. The van der Waals surface area contributed by atoms with Crippen LogP contribution in [0.15, 0.2) is 12.1 Å². The van der Waals surface area contributed by atoms with Gasteiger partial charge in [-0.2, -0.15) is 0 Å². The molecular formula is C13H16Cl2N2O2. The van der Waals surface area contributed by atoms with Crippen LogP contribution in [0.1, 0.15) is 16.8 Å². The van der Waals surface area contributed by atoms with Gasteiger partial charge in [0.2, 0.25) is 0 Å². The highest BCUT2D eigenvalue weighted by atomic mass is 35.5. The number of phenols is 1. The minimum absolute atomic E-state index is 0.0117. The highest BCUT2D eigenvalue weighted by molar-refractivity contribution is 6.37. The number of hydrogen-bond acceptors (Lipinski definition) is 4. The molecule has 0 atom stereocenters. The molecule has 1 heterocycles. The molecule has 1 aromatic carbocycles. The molecule has 19 heavy (non-hydrogen) atoms. The van der Waals surface area contributed by atoms with Gasteiger partial charge in [-0.25, -0.2) is 0 Å². The van der Waals surface area contributed by atoms with Crippen molar-refractivity contribution in [1.29, 1.82) is 0 Å². The number of carbonyl (C=O) groups is 1. The fourth-order valence-corrected chi connectivity index (χ4v) is 2.55. The van der Waals surface area contributed by atoms with Gasteiger partial charge in [0.25, 0.3) is 0 Å². The number of aromatic hydroxyl groups is 1. The summed E-state index contributed by atoms with van der Waals surface area (Å²) >= 11 is 11.6. The Hall–Kier alpha value is -0.810. The summed E-state index contributed by atoms with van der Waals surface area (Å²) < 4.78 is 0. The number of piperazine rings is 1. The summed E-state index contributed by atoms with van der Waals surface area (Å²) in [6.07, 6.45) is 0.428. The molecule has 1 fully saturated rings. The Balaban J connectivity index is 1.96. The minimum atomic E-state index is -0.179. The number of nitrogens with zero attached hydrogens (tertiary/aromatic N) is 1. The fourth-order valence-electron chi connectivity index (χ4n) is 2.07. The van der Waals surface area contributed by atoms with Crippen LogP contribution < -0.4 is 5.32 Å². The van der Waals surface area contributed by atoms with E-state index in [1.807, 2.05) is 0 Å². The van der Waals surface area contributed by atoms with Crippen molar-refractivity contribution in [1.82, 2.24) is 10.2 Å². The Labute approximate surface area is 122 Å². The predicted molar refractivity (Wildman–Crippen MR) is 76.4 cm³/mol. The van der Waals surface area contributed by atoms with E-state index in [4.69, 9.17) is 23.2 Å².